The first kappa shape index (κ1) is 18.6. The van der Waals surface area contributed by atoms with E-state index >= 15 is 0 Å². The number of H-pyrrole nitrogens is 1. The van der Waals surface area contributed by atoms with Gasteiger partial charge >= 0.3 is 6.18 Å². The van der Waals surface area contributed by atoms with E-state index in [4.69, 9.17) is 0 Å². The summed E-state index contributed by atoms with van der Waals surface area (Å²) in [6.07, 6.45) is -3.56. The topological polar surface area (TPSA) is 54.8 Å². The largest absolute Gasteiger partial charge is 0.419 e. The third kappa shape index (κ3) is 3.65. The summed E-state index contributed by atoms with van der Waals surface area (Å²) in [5, 5.41) is 0. The molecular weight excluding hydrogens is 374 g/mol. The molecule has 1 fully saturated rings. The number of halogens is 4. The molecule has 0 bridgehead atoms. The van der Waals surface area contributed by atoms with Crippen molar-refractivity contribution in [3.05, 3.63) is 54.0 Å². The van der Waals surface area contributed by atoms with Gasteiger partial charge in [0.15, 0.2) is 0 Å². The Bertz CT molecular complexity index is 877. The number of rotatable bonds is 3. The van der Waals surface area contributed by atoms with Crippen LogP contribution in [0.4, 0.5) is 23.4 Å². The summed E-state index contributed by atoms with van der Waals surface area (Å²) in [5.74, 6) is -0.355. The van der Waals surface area contributed by atoms with E-state index in [1.807, 2.05) is 0 Å². The number of sulfonamides is 1. The van der Waals surface area contributed by atoms with Crippen molar-refractivity contribution in [2.24, 2.45) is 0 Å². The van der Waals surface area contributed by atoms with Crippen LogP contribution in [0.2, 0.25) is 0 Å². The van der Waals surface area contributed by atoms with E-state index < -0.39 is 27.6 Å². The standard InChI is InChI=1S/C16H15F4N3O2S/c17-13-3-1-2-4-14(13)26(24,25)23-9-7-22(8-10-23)15-6-5-12(11-21-15)16(18,19)20/h1-6,11H,7-10H2/p+1. The highest BCUT2D eigenvalue weighted by atomic mass is 32.2. The maximum absolute atomic E-state index is 13.8. The minimum Gasteiger partial charge on any atom is -0.259 e. The Kier molecular flexibility index (Phi) is 4.89. The predicted molar refractivity (Wildman–Crippen MR) is 85.4 cm³/mol. The van der Waals surface area contributed by atoms with Gasteiger partial charge in [0.1, 0.15) is 16.9 Å². The Labute approximate surface area is 147 Å². The fourth-order valence-corrected chi connectivity index (χ4v) is 4.24. The zero-order chi connectivity index (χ0) is 18.9. The number of pyridine rings is 1. The molecule has 26 heavy (non-hydrogen) atoms. The Hall–Kier alpha value is -2.20. The third-order valence-corrected chi connectivity index (χ3v) is 6.09. The molecule has 0 aliphatic carbocycles. The number of aromatic nitrogens is 1. The Morgan fingerprint density at radius 1 is 0.962 bits per heavy atom. The first-order valence-electron chi connectivity index (χ1n) is 7.78. The second-order valence-corrected chi connectivity index (χ2v) is 7.69. The van der Waals surface area contributed by atoms with Crippen LogP contribution in [0.1, 0.15) is 5.56 Å². The van der Waals surface area contributed by atoms with Crippen molar-refractivity contribution in [1.82, 2.24) is 4.31 Å². The van der Waals surface area contributed by atoms with Crippen LogP contribution in [0.5, 0.6) is 0 Å². The summed E-state index contributed by atoms with van der Waals surface area (Å²) in [6, 6.07) is 7.43. The fourth-order valence-electron chi connectivity index (χ4n) is 2.75. The van der Waals surface area contributed by atoms with Crippen LogP contribution in [-0.4, -0.2) is 38.9 Å². The second kappa shape index (κ2) is 6.84. The Morgan fingerprint density at radius 3 is 2.15 bits per heavy atom. The number of hydrogen-bond donors (Lipinski definition) is 0. The highest BCUT2D eigenvalue weighted by Gasteiger charge is 2.35. The molecule has 1 aromatic heterocycles. The van der Waals surface area contributed by atoms with E-state index in [0.29, 0.717) is 5.82 Å². The zero-order valence-corrected chi connectivity index (χ0v) is 14.3. The molecular formula is C16H16F4N3O2S+. The van der Waals surface area contributed by atoms with Gasteiger partial charge in [-0.1, -0.05) is 12.1 Å². The third-order valence-electron chi connectivity index (χ3n) is 4.16. The summed E-state index contributed by atoms with van der Waals surface area (Å²) >= 11 is 0. The van der Waals surface area contributed by atoms with Gasteiger partial charge in [-0.25, -0.2) is 17.8 Å². The van der Waals surface area contributed by atoms with Crippen LogP contribution in [0.25, 0.3) is 0 Å². The summed E-state index contributed by atoms with van der Waals surface area (Å²) in [6.45, 7) is 0.752. The number of hydrogen-bond acceptors (Lipinski definition) is 3. The SMILES string of the molecule is O=S(=O)(c1ccccc1F)N1CCN(c2ccc(C(F)(F)F)c[nH+]2)CC1. The lowest BCUT2D eigenvalue weighted by atomic mass is 10.2. The van der Waals surface area contributed by atoms with E-state index in [0.717, 1.165) is 18.3 Å². The molecule has 0 unspecified atom stereocenters. The summed E-state index contributed by atoms with van der Waals surface area (Å²) in [4.78, 5) is 3.95. The summed E-state index contributed by atoms with van der Waals surface area (Å²) in [5.41, 5.74) is -0.790. The normalized spacial score (nSPS) is 16.7. The van der Waals surface area contributed by atoms with Gasteiger partial charge in [0.05, 0.1) is 31.7 Å². The second-order valence-electron chi connectivity index (χ2n) is 5.78. The van der Waals surface area contributed by atoms with Crippen LogP contribution in [0, 0.1) is 5.82 Å². The lowest BCUT2D eigenvalue weighted by Crippen LogP contribution is -2.50. The molecule has 1 saturated heterocycles. The molecule has 2 aromatic rings. The minimum absolute atomic E-state index is 0.103. The molecule has 10 heteroatoms. The number of piperazine rings is 1. The number of nitrogens with one attached hydrogen (secondary N) is 1. The monoisotopic (exact) mass is 390 g/mol. The molecule has 0 spiro atoms. The maximum atomic E-state index is 13.8. The quantitative estimate of drug-likeness (QED) is 0.755. The lowest BCUT2D eigenvalue weighted by Gasteiger charge is -2.30. The van der Waals surface area contributed by atoms with Gasteiger partial charge in [-0.3, -0.25) is 4.90 Å². The molecule has 0 saturated carbocycles. The van der Waals surface area contributed by atoms with E-state index in [9.17, 15) is 26.0 Å². The van der Waals surface area contributed by atoms with Gasteiger partial charge in [0, 0.05) is 6.07 Å². The zero-order valence-electron chi connectivity index (χ0n) is 13.5. The van der Waals surface area contributed by atoms with Crippen molar-refractivity contribution in [3.8, 4) is 0 Å². The van der Waals surface area contributed by atoms with Gasteiger partial charge in [0.25, 0.3) is 5.82 Å². The lowest BCUT2D eigenvalue weighted by molar-refractivity contribution is -0.367. The van der Waals surface area contributed by atoms with Crippen LogP contribution in [0.15, 0.2) is 47.5 Å². The molecule has 3 rings (SSSR count). The number of benzene rings is 1. The fraction of sp³-hybridized carbons (Fsp3) is 0.312. The van der Waals surface area contributed by atoms with Crippen molar-refractivity contribution in [2.75, 3.05) is 31.1 Å². The molecule has 140 valence electrons. The highest BCUT2D eigenvalue weighted by molar-refractivity contribution is 7.89. The van der Waals surface area contributed by atoms with Crippen LogP contribution < -0.4 is 9.88 Å². The molecule has 5 nitrogen and oxygen atoms in total. The number of alkyl halides is 3. The van der Waals surface area contributed by atoms with Crippen LogP contribution >= 0.6 is 0 Å². The first-order chi connectivity index (χ1) is 12.2. The first-order valence-corrected chi connectivity index (χ1v) is 9.22. The average Bonchev–Trinajstić information content (AvgIpc) is 2.61. The molecule has 1 N–H and O–H groups in total. The van der Waals surface area contributed by atoms with Gasteiger partial charge < -0.3 is 0 Å². The Morgan fingerprint density at radius 2 is 1.62 bits per heavy atom. The smallest absolute Gasteiger partial charge is 0.259 e. The van der Waals surface area contributed by atoms with Crippen molar-refractivity contribution < 1.29 is 31.0 Å². The van der Waals surface area contributed by atoms with Crippen molar-refractivity contribution in [2.45, 2.75) is 11.1 Å². The van der Waals surface area contributed by atoms with E-state index in [1.54, 1.807) is 4.90 Å². The average molecular weight is 390 g/mol. The molecule has 1 aliphatic rings. The van der Waals surface area contributed by atoms with Gasteiger partial charge in [-0.2, -0.15) is 17.5 Å². The molecule has 1 aromatic carbocycles. The molecule has 1 aliphatic heterocycles. The molecule has 0 amide bonds. The van der Waals surface area contributed by atoms with Gasteiger partial charge in [-0.05, 0) is 18.2 Å². The van der Waals surface area contributed by atoms with E-state index in [2.05, 4.69) is 4.98 Å². The van der Waals surface area contributed by atoms with E-state index in [-0.39, 0.29) is 31.1 Å². The van der Waals surface area contributed by atoms with Crippen molar-refractivity contribution in [3.63, 3.8) is 0 Å². The Balaban J connectivity index is 1.70. The number of anilines is 1. The maximum Gasteiger partial charge on any atom is 0.419 e. The van der Waals surface area contributed by atoms with Crippen molar-refractivity contribution in [1.29, 1.82) is 0 Å². The van der Waals surface area contributed by atoms with Crippen molar-refractivity contribution >= 4 is 15.8 Å². The minimum atomic E-state index is -4.43. The summed E-state index contributed by atoms with van der Waals surface area (Å²) < 4.78 is 77.9. The number of aromatic amines is 1. The molecule has 0 atom stereocenters. The highest BCUT2D eigenvalue weighted by Crippen LogP contribution is 2.28. The molecule has 2 heterocycles. The van der Waals surface area contributed by atoms with Gasteiger partial charge in [0.2, 0.25) is 10.0 Å². The van der Waals surface area contributed by atoms with Gasteiger partial charge in [-0.15, -0.1) is 0 Å². The predicted octanol–water partition coefficient (Wildman–Crippen LogP) is 2.17. The molecule has 0 radical (unpaired) electrons. The van der Waals surface area contributed by atoms with E-state index in [1.165, 1.54) is 28.6 Å². The van der Waals surface area contributed by atoms with Crippen LogP contribution in [-0.2, 0) is 16.2 Å². The van der Waals surface area contributed by atoms with Crippen LogP contribution in [0.3, 0.4) is 0 Å². The number of nitrogens with zero attached hydrogens (tertiary/aromatic N) is 2. The summed E-state index contributed by atoms with van der Waals surface area (Å²) in [7, 11) is -3.95.